The topological polar surface area (TPSA) is 74.7 Å². The van der Waals surface area contributed by atoms with E-state index < -0.39 is 0 Å². The van der Waals surface area contributed by atoms with Gasteiger partial charge in [0.05, 0.1) is 5.69 Å². The molecule has 0 bridgehead atoms. The van der Waals surface area contributed by atoms with Gasteiger partial charge in [0.15, 0.2) is 5.69 Å². The van der Waals surface area contributed by atoms with Crippen LogP contribution in [0.4, 0.5) is 15.9 Å². The molecule has 1 atom stereocenters. The molecule has 0 aliphatic rings. The molecular formula is C15H15FN4. The molecule has 5 heteroatoms. The van der Waals surface area contributed by atoms with Gasteiger partial charge in [-0.15, -0.1) is 0 Å². The van der Waals surface area contributed by atoms with E-state index in [-0.39, 0.29) is 17.6 Å². The molecule has 0 saturated heterocycles. The Kier molecular flexibility index (Phi) is 4.16. The van der Waals surface area contributed by atoms with Crippen LogP contribution in [0.5, 0.6) is 0 Å². The molecule has 0 aliphatic heterocycles. The highest BCUT2D eigenvalue weighted by Crippen LogP contribution is 2.14. The van der Waals surface area contributed by atoms with Gasteiger partial charge >= 0.3 is 0 Å². The number of nitriles is 1. The van der Waals surface area contributed by atoms with Crippen LogP contribution in [0.25, 0.3) is 0 Å². The van der Waals surface area contributed by atoms with E-state index in [2.05, 4.69) is 10.3 Å². The van der Waals surface area contributed by atoms with Crippen molar-refractivity contribution in [1.29, 1.82) is 5.26 Å². The summed E-state index contributed by atoms with van der Waals surface area (Å²) in [5.74, 6) is 0.360. The van der Waals surface area contributed by atoms with Gasteiger partial charge in [-0.25, -0.2) is 9.37 Å². The minimum atomic E-state index is -0.242. The number of pyridine rings is 1. The van der Waals surface area contributed by atoms with Crippen LogP contribution in [-0.4, -0.2) is 11.0 Å². The Bertz CT molecular complexity index is 631. The number of benzene rings is 1. The number of hydrogen-bond donors (Lipinski definition) is 2. The van der Waals surface area contributed by atoms with E-state index in [0.717, 1.165) is 12.0 Å². The minimum absolute atomic E-state index is 0.100. The van der Waals surface area contributed by atoms with Crippen molar-refractivity contribution in [2.45, 2.75) is 19.4 Å². The average Bonchev–Trinajstić information content (AvgIpc) is 2.43. The Morgan fingerprint density at radius 1 is 1.30 bits per heavy atom. The number of anilines is 2. The van der Waals surface area contributed by atoms with Gasteiger partial charge in [-0.1, -0.05) is 12.1 Å². The summed E-state index contributed by atoms with van der Waals surface area (Å²) in [6, 6.07) is 11.8. The third-order valence-electron chi connectivity index (χ3n) is 2.88. The normalized spacial score (nSPS) is 11.7. The maximum absolute atomic E-state index is 12.8. The second-order valence-corrected chi connectivity index (χ2v) is 4.62. The highest BCUT2D eigenvalue weighted by molar-refractivity contribution is 5.54. The van der Waals surface area contributed by atoms with E-state index >= 15 is 0 Å². The Balaban J connectivity index is 2.03. The van der Waals surface area contributed by atoms with Gasteiger partial charge in [-0.3, -0.25) is 0 Å². The first-order valence-corrected chi connectivity index (χ1v) is 6.26. The molecular weight excluding hydrogens is 255 g/mol. The molecule has 1 heterocycles. The number of nitrogens with two attached hydrogens (primary N) is 1. The van der Waals surface area contributed by atoms with Gasteiger partial charge in [0.25, 0.3) is 0 Å². The van der Waals surface area contributed by atoms with Crippen LogP contribution in [0.15, 0.2) is 36.4 Å². The molecule has 1 aromatic carbocycles. The van der Waals surface area contributed by atoms with Crippen molar-refractivity contribution in [2.24, 2.45) is 0 Å². The van der Waals surface area contributed by atoms with Gasteiger partial charge in [-0.05, 0) is 43.2 Å². The fourth-order valence-electron chi connectivity index (χ4n) is 1.92. The lowest BCUT2D eigenvalue weighted by Crippen LogP contribution is -2.19. The van der Waals surface area contributed by atoms with E-state index in [9.17, 15) is 4.39 Å². The van der Waals surface area contributed by atoms with Crippen molar-refractivity contribution in [3.63, 3.8) is 0 Å². The molecule has 4 nitrogen and oxygen atoms in total. The summed E-state index contributed by atoms with van der Waals surface area (Å²) in [7, 11) is 0. The standard InChI is InChI=1S/C15H15FN4/c1-10(8-11-2-4-12(16)5-3-11)19-15-7-6-13(18)14(9-17)20-15/h2-7,10H,8,18H2,1H3,(H,19,20). The lowest BCUT2D eigenvalue weighted by Gasteiger charge is -2.15. The molecule has 2 rings (SSSR count). The smallest absolute Gasteiger partial charge is 0.165 e. The van der Waals surface area contributed by atoms with Crippen LogP contribution in [0.1, 0.15) is 18.2 Å². The second kappa shape index (κ2) is 6.02. The number of hydrogen-bond acceptors (Lipinski definition) is 4. The van der Waals surface area contributed by atoms with Crippen molar-refractivity contribution < 1.29 is 4.39 Å². The second-order valence-electron chi connectivity index (χ2n) is 4.62. The third-order valence-corrected chi connectivity index (χ3v) is 2.88. The molecule has 20 heavy (non-hydrogen) atoms. The van der Waals surface area contributed by atoms with E-state index in [4.69, 9.17) is 11.0 Å². The molecule has 2 aromatic rings. The number of halogens is 1. The maximum atomic E-state index is 12.8. The van der Waals surface area contributed by atoms with Crippen molar-refractivity contribution in [1.82, 2.24) is 4.98 Å². The fourth-order valence-corrected chi connectivity index (χ4v) is 1.92. The van der Waals surface area contributed by atoms with Crippen LogP contribution in [0.3, 0.4) is 0 Å². The molecule has 0 spiro atoms. The van der Waals surface area contributed by atoms with Crippen molar-refractivity contribution in [2.75, 3.05) is 11.1 Å². The highest BCUT2D eigenvalue weighted by Gasteiger charge is 2.07. The molecule has 3 N–H and O–H groups in total. The summed E-state index contributed by atoms with van der Waals surface area (Å²) >= 11 is 0. The Labute approximate surface area is 117 Å². The fraction of sp³-hybridized carbons (Fsp3) is 0.200. The van der Waals surface area contributed by atoms with Crippen LogP contribution in [-0.2, 0) is 6.42 Å². The summed E-state index contributed by atoms with van der Waals surface area (Å²) in [5, 5.41) is 12.1. The summed E-state index contributed by atoms with van der Waals surface area (Å²) in [6.07, 6.45) is 0.730. The zero-order chi connectivity index (χ0) is 14.5. The van der Waals surface area contributed by atoms with E-state index in [1.54, 1.807) is 24.3 Å². The lowest BCUT2D eigenvalue weighted by atomic mass is 10.1. The van der Waals surface area contributed by atoms with Crippen molar-refractivity contribution in [3.8, 4) is 6.07 Å². The van der Waals surface area contributed by atoms with Gasteiger partial charge < -0.3 is 11.1 Å². The predicted molar refractivity (Wildman–Crippen MR) is 76.6 cm³/mol. The summed E-state index contributed by atoms with van der Waals surface area (Å²) in [5.41, 5.74) is 7.23. The van der Waals surface area contributed by atoms with Crippen LogP contribution >= 0.6 is 0 Å². The van der Waals surface area contributed by atoms with Crippen molar-refractivity contribution >= 4 is 11.5 Å². The van der Waals surface area contributed by atoms with E-state index in [1.165, 1.54) is 12.1 Å². The number of aromatic nitrogens is 1. The third kappa shape index (κ3) is 3.45. The lowest BCUT2D eigenvalue weighted by molar-refractivity contribution is 0.626. The zero-order valence-corrected chi connectivity index (χ0v) is 11.1. The molecule has 102 valence electrons. The molecule has 0 saturated carbocycles. The van der Waals surface area contributed by atoms with E-state index in [0.29, 0.717) is 11.5 Å². The van der Waals surface area contributed by atoms with E-state index in [1.807, 2.05) is 13.0 Å². The molecule has 1 unspecified atom stereocenters. The zero-order valence-electron chi connectivity index (χ0n) is 11.1. The van der Waals surface area contributed by atoms with Gasteiger partial charge in [0.2, 0.25) is 0 Å². The quantitative estimate of drug-likeness (QED) is 0.895. The largest absolute Gasteiger partial charge is 0.396 e. The molecule has 1 aromatic heterocycles. The molecule has 0 fully saturated rings. The van der Waals surface area contributed by atoms with Crippen molar-refractivity contribution in [3.05, 3.63) is 53.5 Å². The predicted octanol–water partition coefficient (Wildman–Crippen LogP) is 2.72. The summed E-state index contributed by atoms with van der Waals surface area (Å²) in [4.78, 5) is 4.13. The first kappa shape index (κ1) is 13.8. The highest BCUT2D eigenvalue weighted by atomic mass is 19.1. The Morgan fingerprint density at radius 3 is 2.65 bits per heavy atom. The van der Waals surface area contributed by atoms with Crippen LogP contribution in [0.2, 0.25) is 0 Å². The Hall–Kier alpha value is -2.61. The Morgan fingerprint density at radius 2 is 2.00 bits per heavy atom. The molecule has 0 amide bonds. The summed E-state index contributed by atoms with van der Waals surface area (Å²) in [6.45, 7) is 1.99. The SMILES string of the molecule is CC(Cc1ccc(F)cc1)Nc1ccc(N)c(C#N)n1. The number of nitrogens with one attached hydrogen (secondary N) is 1. The minimum Gasteiger partial charge on any atom is -0.396 e. The average molecular weight is 270 g/mol. The maximum Gasteiger partial charge on any atom is 0.165 e. The van der Waals surface area contributed by atoms with Crippen LogP contribution < -0.4 is 11.1 Å². The van der Waals surface area contributed by atoms with Gasteiger partial charge in [0.1, 0.15) is 17.7 Å². The molecule has 0 radical (unpaired) electrons. The number of rotatable bonds is 4. The van der Waals surface area contributed by atoms with Crippen LogP contribution in [0, 0.1) is 17.1 Å². The van der Waals surface area contributed by atoms with Gasteiger partial charge in [-0.2, -0.15) is 5.26 Å². The number of nitrogens with zero attached hydrogens (tertiary/aromatic N) is 2. The summed E-state index contributed by atoms with van der Waals surface area (Å²) < 4.78 is 12.8. The monoisotopic (exact) mass is 270 g/mol. The first-order valence-electron chi connectivity index (χ1n) is 6.26. The number of nitrogen functional groups attached to an aromatic ring is 1. The first-order chi connectivity index (χ1) is 9.58. The van der Waals surface area contributed by atoms with Gasteiger partial charge in [0, 0.05) is 6.04 Å². The molecule has 0 aliphatic carbocycles.